The van der Waals surface area contributed by atoms with Crippen LogP contribution in [-0.4, -0.2) is 45.1 Å². The molecule has 4 nitrogen and oxygen atoms in total. The van der Waals surface area contributed by atoms with E-state index in [1.54, 1.807) is 12.1 Å². The molecule has 0 aliphatic heterocycles. The highest BCUT2D eigenvalue weighted by atomic mass is 32.2. The third-order valence-corrected chi connectivity index (χ3v) is 4.03. The molecule has 1 aromatic rings. The maximum atomic E-state index is 9.82. The molecule has 98 valence electrons. The number of hydrogen-bond acceptors (Lipinski definition) is 5. The van der Waals surface area contributed by atoms with Crippen molar-refractivity contribution in [3.8, 4) is 5.75 Å². The van der Waals surface area contributed by atoms with E-state index in [4.69, 9.17) is 17.4 Å². The molecular formula is C12H16N2O2S2. The van der Waals surface area contributed by atoms with Crippen molar-refractivity contribution in [2.75, 3.05) is 19.8 Å². The highest BCUT2D eigenvalue weighted by Gasteiger charge is 2.12. The van der Waals surface area contributed by atoms with Crippen LogP contribution >= 0.6 is 24.0 Å². The molecule has 2 N–H and O–H groups in total. The van der Waals surface area contributed by atoms with E-state index >= 15 is 0 Å². The fourth-order valence-corrected chi connectivity index (χ4v) is 2.21. The van der Waals surface area contributed by atoms with E-state index in [1.165, 1.54) is 11.8 Å². The van der Waals surface area contributed by atoms with E-state index in [2.05, 4.69) is 5.16 Å². The van der Waals surface area contributed by atoms with Crippen LogP contribution in [-0.2, 0) is 0 Å². The molecule has 0 bridgehead atoms. The molecule has 0 saturated heterocycles. The van der Waals surface area contributed by atoms with Crippen LogP contribution < -0.4 is 0 Å². The van der Waals surface area contributed by atoms with Crippen molar-refractivity contribution >= 4 is 34.0 Å². The van der Waals surface area contributed by atoms with E-state index < -0.39 is 0 Å². The quantitative estimate of drug-likeness (QED) is 0.386. The van der Waals surface area contributed by atoms with Crippen molar-refractivity contribution in [1.29, 1.82) is 0 Å². The largest absolute Gasteiger partial charge is 0.507 e. The summed E-state index contributed by atoms with van der Waals surface area (Å²) < 4.78 is 0.697. The van der Waals surface area contributed by atoms with Gasteiger partial charge in [0.15, 0.2) is 0 Å². The first-order valence-corrected chi connectivity index (χ1v) is 6.70. The summed E-state index contributed by atoms with van der Waals surface area (Å²) in [4.78, 5) is 1.81. The van der Waals surface area contributed by atoms with E-state index in [0.717, 1.165) is 5.56 Å². The Balaban J connectivity index is 2.82. The van der Waals surface area contributed by atoms with E-state index in [-0.39, 0.29) is 5.75 Å². The van der Waals surface area contributed by atoms with Crippen LogP contribution in [0.25, 0.3) is 0 Å². The predicted octanol–water partition coefficient (Wildman–Crippen LogP) is 2.46. The number of aromatic hydroxyl groups is 1. The van der Waals surface area contributed by atoms with Crippen molar-refractivity contribution in [2.24, 2.45) is 5.16 Å². The normalized spacial score (nSPS) is 11.4. The molecule has 0 amide bonds. The molecule has 0 heterocycles. The zero-order chi connectivity index (χ0) is 13.7. The van der Waals surface area contributed by atoms with Gasteiger partial charge in [-0.1, -0.05) is 35.2 Å². The van der Waals surface area contributed by atoms with Gasteiger partial charge in [0.1, 0.15) is 15.8 Å². The molecule has 0 fully saturated rings. The summed E-state index contributed by atoms with van der Waals surface area (Å²) in [6.07, 6.45) is 0. The van der Waals surface area contributed by atoms with Crippen molar-refractivity contribution < 1.29 is 10.3 Å². The van der Waals surface area contributed by atoms with Gasteiger partial charge in [-0.15, -0.1) is 0 Å². The van der Waals surface area contributed by atoms with Crippen LogP contribution in [0.4, 0.5) is 0 Å². The van der Waals surface area contributed by atoms with Gasteiger partial charge in [0.05, 0.1) is 0 Å². The van der Waals surface area contributed by atoms with Crippen LogP contribution in [0.1, 0.15) is 11.1 Å². The zero-order valence-electron chi connectivity index (χ0n) is 10.5. The van der Waals surface area contributed by atoms with Crippen molar-refractivity contribution in [2.45, 2.75) is 6.92 Å². The Kier molecular flexibility index (Phi) is 5.43. The number of rotatable bonds is 3. The second kappa shape index (κ2) is 6.61. The van der Waals surface area contributed by atoms with Crippen LogP contribution in [0.2, 0.25) is 0 Å². The summed E-state index contributed by atoms with van der Waals surface area (Å²) >= 11 is 6.52. The summed E-state index contributed by atoms with van der Waals surface area (Å²) in [5, 5.41) is 22.1. The van der Waals surface area contributed by atoms with Gasteiger partial charge in [-0.05, 0) is 24.6 Å². The fourth-order valence-electron chi connectivity index (χ4n) is 1.31. The maximum Gasteiger partial charge on any atom is 0.136 e. The third-order valence-electron chi connectivity index (χ3n) is 2.28. The summed E-state index contributed by atoms with van der Waals surface area (Å²) in [5.74, 6) is 0.517. The Morgan fingerprint density at radius 2 is 2.11 bits per heavy atom. The number of phenols is 1. The monoisotopic (exact) mass is 284 g/mol. The topological polar surface area (TPSA) is 56.1 Å². The van der Waals surface area contributed by atoms with Crippen molar-refractivity contribution in [1.82, 2.24) is 4.90 Å². The molecule has 6 heteroatoms. The number of aryl methyl sites for hydroxylation is 1. The number of hydrogen-bond donors (Lipinski definition) is 2. The van der Waals surface area contributed by atoms with Gasteiger partial charge in [0.2, 0.25) is 0 Å². The van der Waals surface area contributed by atoms with Gasteiger partial charge in [-0.2, -0.15) is 0 Å². The number of thiocarbonyl (C=S) groups is 1. The number of benzene rings is 1. The van der Waals surface area contributed by atoms with Gasteiger partial charge >= 0.3 is 0 Å². The standard InChI is InChI=1S/C12H16N2O2S2/c1-8-4-5-9(11(15)6-8)10(13-16)7-18-12(17)14(2)3/h4-6,15-16H,7H2,1-3H3/b13-10-. The molecule has 18 heavy (non-hydrogen) atoms. The highest BCUT2D eigenvalue weighted by molar-refractivity contribution is 8.23. The minimum absolute atomic E-state index is 0.110. The van der Waals surface area contributed by atoms with E-state index in [1.807, 2.05) is 32.0 Å². The van der Waals surface area contributed by atoms with Crippen LogP contribution in [0.15, 0.2) is 23.4 Å². The number of thioether (sulfide) groups is 1. The minimum atomic E-state index is 0.110. The van der Waals surface area contributed by atoms with Gasteiger partial charge in [-0.3, -0.25) is 0 Å². The molecule has 0 unspecified atom stereocenters. The molecule has 1 aromatic carbocycles. The maximum absolute atomic E-state index is 9.82. The molecule has 0 spiro atoms. The molecule has 1 rings (SSSR count). The Bertz CT molecular complexity index is 473. The Morgan fingerprint density at radius 3 is 2.61 bits per heavy atom. The lowest BCUT2D eigenvalue weighted by Crippen LogP contribution is -2.18. The molecule has 0 radical (unpaired) electrons. The average molecular weight is 284 g/mol. The number of phenolic OH excluding ortho intramolecular Hbond substituents is 1. The second-order valence-electron chi connectivity index (χ2n) is 4.02. The summed E-state index contributed by atoms with van der Waals surface area (Å²) in [6, 6.07) is 5.23. The van der Waals surface area contributed by atoms with Crippen molar-refractivity contribution in [3.05, 3.63) is 29.3 Å². The van der Waals surface area contributed by atoms with E-state index in [9.17, 15) is 5.11 Å². The Morgan fingerprint density at radius 1 is 1.44 bits per heavy atom. The zero-order valence-corrected chi connectivity index (χ0v) is 12.2. The Labute approximate surface area is 116 Å². The summed E-state index contributed by atoms with van der Waals surface area (Å²) in [7, 11) is 3.71. The third kappa shape index (κ3) is 3.89. The molecular weight excluding hydrogens is 268 g/mol. The highest BCUT2D eigenvalue weighted by Crippen LogP contribution is 2.21. The predicted molar refractivity (Wildman–Crippen MR) is 79.9 cm³/mol. The Hall–Kier alpha value is -1.27. The fraction of sp³-hybridized carbons (Fsp3) is 0.333. The van der Waals surface area contributed by atoms with Gasteiger partial charge in [0, 0.05) is 25.4 Å². The van der Waals surface area contributed by atoms with Crippen LogP contribution in [0, 0.1) is 6.92 Å². The lowest BCUT2D eigenvalue weighted by molar-refractivity contribution is 0.319. The number of oxime groups is 1. The first kappa shape index (κ1) is 14.8. The molecule has 0 aliphatic carbocycles. The minimum Gasteiger partial charge on any atom is -0.507 e. The lowest BCUT2D eigenvalue weighted by atomic mass is 10.1. The van der Waals surface area contributed by atoms with Gasteiger partial charge < -0.3 is 15.2 Å². The molecule has 0 aromatic heterocycles. The smallest absolute Gasteiger partial charge is 0.136 e. The lowest BCUT2D eigenvalue weighted by Gasteiger charge is -2.13. The first-order chi connectivity index (χ1) is 8.45. The molecule has 0 atom stereocenters. The SMILES string of the molecule is Cc1ccc(/C(CSC(=S)N(C)C)=N\O)c(O)c1. The van der Waals surface area contributed by atoms with E-state index in [0.29, 0.717) is 21.3 Å². The summed E-state index contributed by atoms with van der Waals surface area (Å²) in [5.41, 5.74) is 1.88. The first-order valence-electron chi connectivity index (χ1n) is 5.30. The van der Waals surface area contributed by atoms with Crippen molar-refractivity contribution in [3.63, 3.8) is 0 Å². The molecule has 0 saturated carbocycles. The second-order valence-corrected chi connectivity index (χ2v) is 5.63. The summed E-state index contributed by atoms with van der Waals surface area (Å²) in [6.45, 7) is 1.88. The molecule has 0 aliphatic rings. The number of nitrogens with zero attached hydrogens (tertiary/aromatic N) is 2. The average Bonchev–Trinajstić information content (AvgIpc) is 2.31. The van der Waals surface area contributed by atoms with Gasteiger partial charge in [-0.25, -0.2) is 0 Å². The van der Waals surface area contributed by atoms with Crippen LogP contribution in [0.3, 0.4) is 0 Å². The van der Waals surface area contributed by atoms with Gasteiger partial charge in [0.25, 0.3) is 0 Å². The van der Waals surface area contributed by atoms with Crippen LogP contribution in [0.5, 0.6) is 5.75 Å².